The van der Waals surface area contributed by atoms with Crippen molar-refractivity contribution < 1.29 is 0 Å². The highest BCUT2D eigenvalue weighted by Crippen LogP contribution is 2.23. The summed E-state index contributed by atoms with van der Waals surface area (Å²) in [6, 6.07) is 8.61. The third kappa shape index (κ3) is 14.5. The van der Waals surface area contributed by atoms with Gasteiger partial charge in [0.2, 0.25) is 0 Å². The Hall–Kier alpha value is -3.61. The van der Waals surface area contributed by atoms with Crippen LogP contribution in [0.4, 0.5) is 0 Å². The minimum Gasteiger partial charge on any atom is -0.365 e. The van der Waals surface area contributed by atoms with Crippen molar-refractivity contribution in [1.82, 2.24) is 21.1 Å². The Labute approximate surface area is 248 Å². The van der Waals surface area contributed by atoms with Crippen LogP contribution in [0.15, 0.2) is 79.5 Å². The van der Waals surface area contributed by atoms with Crippen LogP contribution in [0.1, 0.15) is 88.4 Å². The number of hydrogen-bond acceptors (Lipinski definition) is 4. The van der Waals surface area contributed by atoms with Crippen molar-refractivity contribution >= 4 is 0 Å². The van der Waals surface area contributed by atoms with E-state index in [1.807, 2.05) is 12.4 Å². The zero-order valence-electron chi connectivity index (χ0n) is 24.8. The van der Waals surface area contributed by atoms with Gasteiger partial charge in [-0.05, 0) is 113 Å². The number of allylic oxidation sites excluding steroid dienone is 8. The van der Waals surface area contributed by atoms with E-state index in [0.717, 1.165) is 50.4 Å². The Morgan fingerprint density at radius 1 is 0.659 bits per heavy atom. The van der Waals surface area contributed by atoms with Crippen LogP contribution in [0.25, 0.3) is 0 Å². The average molecular weight is 555 g/mol. The second kappa shape index (κ2) is 21.2. The normalized spacial score (nSPS) is 20.7. The molecule has 5 N–H and O–H groups in total. The monoisotopic (exact) mass is 554 g/mol. The van der Waals surface area contributed by atoms with E-state index in [2.05, 4.69) is 87.8 Å². The zero-order chi connectivity index (χ0) is 28.1. The number of aromatic nitrogens is 3. The molecule has 0 spiro atoms. The van der Waals surface area contributed by atoms with Crippen LogP contribution >= 0.6 is 0 Å². The number of hydrogen-bond donors (Lipinski definition) is 3. The van der Waals surface area contributed by atoms with Gasteiger partial charge in [-0.2, -0.15) is 10.5 Å². The molecule has 2 aromatic heterocycles. The molecule has 0 aliphatic heterocycles. The number of H-pyrrole nitrogens is 2. The highest BCUT2D eigenvalue weighted by atomic mass is 14.9. The summed E-state index contributed by atoms with van der Waals surface area (Å²) in [6.45, 7) is 0. The Kier molecular flexibility index (Phi) is 17.4. The lowest BCUT2D eigenvalue weighted by Gasteiger charge is -2.15. The number of rotatable bonds is 6. The molecular weight excluding hydrogens is 504 g/mol. The quantitative estimate of drug-likeness (QED) is 0.308. The van der Waals surface area contributed by atoms with E-state index in [4.69, 9.17) is 10.5 Å². The van der Waals surface area contributed by atoms with Crippen LogP contribution in [-0.4, -0.2) is 15.0 Å². The number of imidazole rings is 1. The van der Waals surface area contributed by atoms with Crippen LogP contribution in [-0.2, 0) is 12.8 Å². The van der Waals surface area contributed by atoms with Crippen molar-refractivity contribution in [3.63, 3.8) is 0 Å². The van der Waals surface area contributed by atoms with E-state index >= 15 is 0 Å². The summed E-state index contributed by atoms with van der Waals surface area (Å²) in [5, 5.41) is 16.6. The van der Waals surface area contributed by atoms with E-state index in [0.29, 0.717) is 11.8 Å². The van der Waals surface area contributed by atoms with E-state index in [-0.39, 0.29) is 6.15 Å². The highest BCUT2D eigenvalue weighted by Gasteiger charge is 2.12. The molecule has 220 valence electrons. The lowest BCUT2D eigenvalue weighted by molar-refractivity contribution is 0.473. The maximum Gasteiger partial charge on any atom is 0.0921 e. The summed E-state index contributed by atoms with van der Waals surface area (Å²) in [6.07, 6.45) is 39.4. The summed E-state index contributed by atoms with van der Waals surface area (Å²) in [5.41, 5.74) is 2.65. The van der Waals surface area contributed by atoms with Gasteiger partial charge in [-0.15, -0.1) is 0 Å². The van der Waals surface area contributed by atoms with Gasteiger partial charge in [-0.25, -0.2) is 4.98 Å². The number of nitrogens with zero attached hydrogens (tertiary/aromatic N) is 3. The summed E-state index contributed by atoms with van der Waals surface area (Å²) >= 11 is 0. The van der Waals surface area contributed by atoms with Crippen LogP contribution in [0.3, 0.4) is 0 Å². The molecule has 6 nitrogen and oxygen atoms in total. The first-order chi connectivity index (χ1) is 19.8. The lowest BCUT2D eigenvalue weighted by Crippen LogP contribution is -2.06. The Bertz CT molecular complexity index is 1090. The van der Waals surface area contributed by atoms with Gasteiger partial charge >= 0.3 is 0 Å². The molecule has 2 heterocycles. The third-order valence-corrected chi connectivity index (χ3v) is 7.96. The summed E-state index contributed by atoms with van der Waals surface area (Å²) in [4.78, 5) is 10.4. The fourth-order valence-electron chi connectivity index (χ4n) is 5.53. The van der Waals surface area contributed by atoms with E-state index in [9.17, 15) is 0 Å². The molecule has 4 aliphatic rings. The van der Waals surface area contributed by atoms with Crippen molar-refractivity contribution in [3.8, 4) is 12.1 Å². The summed E-state index contributed by atoms with van der Waals surface area (Å²) in [5.74, 6) is 2.98. The average Bonchev–Trinajstić information content (AvgIpc) is 3.82. The lowest BCUT2D eigenvalue weighted by atomic mass is 9.90. The number of nitrogens with one attached hydrogen (secondary N) is 2. The smallest absolute Gasteiger partial charge is 0.0921 e. The Morgan fingerprint density at radius 2 is 1.20 bits per heavy atom. The van der Waals surface area contributed by atoms with E-state index in [1.165, 1.54) is 62.8 Å². The standard InChI is InChI=1S/C10H14N2.C10H13N.C8H11N.C7H9N.H3N/c1-2-4-9(5-3-1)6-10-7-11-8-12-10;1-2-5-9(4-1)8-10-6-3-7-11-10;9-7-6-8-4-2-1-3-5-8;8-6-5-7-3-1-2-4-7;/h1-2,7-9H,3-6H2,(H,11,12);1-3,6-7,9,11H,4-5,8H2;1-2,8H,3-6H2;1-2,7H,3-5H2;1H3. The summed E-state index contributed by atoms with van der Waals surface area (Å²) in [7, 11) is 0. The molecule has 0 bridgehead atoms. The molecule has 0 saturated carbocycles. The first-order valence-electron chi connectivity index (χ1n) is 15.2. The molecule has 0 amide bonds. The van der Waals surface area contributed by atoms with Gasteiger partial charge in [0.15, 0.2) is 0 Å². The number of nitriles is 2. The molecular formula is C35H50N6. The largest absolute Gasteiger partial charge is 0.365 e. The fourth-order valence-corrected chi connectivity index (χ4v) is 5.53. The van der Waals surface area contributed by atoms with E-state index in [1.54, 1.807) is 6.33 Å². The second-order valence-corrected chi connectivity index (χ2v) is 11.3. The van der Waals surface area contributed by atoms with Crippen molar-refractivity contribution in [2.45, 2.75) is 89.9 Å². The first-order valence-corrected chi connectivity index (χ1v) is 15.2. The van der Waals surface area contributed by atoms with Crippen LogP contribution < -0.4 is 6.15 Å². The predicted octanol–water partition coefficient (Wildman–Crippen LogP) is 9.12. The maximum absolute atomic E-state index is 8.34. The van der Waals surface area contributed by atoms with Gasteiger partial charge in [-0.3, -0.25) is 0 Å². The maximum atomic E-state index is 8.34. The molecule has 0 aromatic carbocycles. The minimum absolute atomic E-state index is 0. The van der Waals surface area contributed by atoms with Gasteiger partial charge in [0, 0.05) is 36.6 Å². The molecule has 41 heavy (non-hydrogen) atoms. The van der Waals surface area contributed by atoms with Gasteiger partial charge in [0.25, 0.3) is 0 Å². The van der Waals surface area contributed by atoms with Crippen molar-refractivity contribution in [3.05, 3.63) is 90.8 Å². The topological polar surface area (TPSA) is 127 Å². The highest BCUT2D eigenvalue weighted by molar-refractivity contribution is 5.07. The number of aromatic amines is 2. The first kappa shape index (κ1) is 33.6. The van der Waals surface area contributed by atoms with Gasteiger partial charge in [0.05, 0.1) is 18.5 Å². The van der Waals surface area contributed by atoms with Crippen LogP contribution in [0.2, 0.25) is 0 Å². The van der Waals surface area contributed by atoms with Crippen molar-refractivity contribution in [2.75, 3.05) is 0 Å². The molecule has 2 atom stereocenters. The van der Waals surface area contributed by atoms with Crippen LogP contribution in [0, 0.1) is 46.3 Å². The fraction of sp³-hybridized carbons (Fsp3) is 0.514. The molecule has 6 rings (SSSR count). The molecule has 0 radical (unpaired) electrons. The molecule has 0 saturated heterocycles. The zero-order valence-corrected chi connectivity index (χ0v) is 24.8. The molecule has 0 fully saturated rings. The Balaban J connectivity index is 0.000000192. The predicted molar refractivity (Wildman–Crippen MR) is 169 cm³/mol. The SMILES string of the molecule is C1=CCC(Cc2ccc[nH]2)C1.C1=CCC(Cc2cnc[nH]2)CC1.N.N#CCC1CC=CC1.N#CCC1CC=CCC1. The Morgan fingerprint density at radius 3 is 1.71 bits per heavy atom. The van der Waals surface area contributed by atoms with Crippen LogP contribution in [0.5, 0.6) is 0 Å². The second-order valence-electron chi connectivity index (χ2n) is 11.3. The third-order valence-electron chi connectivity index (χ3n) is 7.96. The van der Waals surface area contributed by atoms with Gasteiger partial charge in [-0.1, -0.05) is 48.6 Å². The molecule has 2 aromatic rings. The molecule has 4 aliphatic carbocycles. The summed E-state index contributed by atoms with van der Waals surface area (Å²) < 4.78 is 0. The van der Waals surface area contributed by atoms with E-state index < -0.39 is 0 Å². The van der Waals surface area contributed by atoms with Gasteiger partial charge < -0.3 is 16.1 Å². The molecule has 6 heteroatoms. The van der Waals surface area contributed by atoms with Gasteiger partial charge in [0.1, 0.15) is 0 Å². The van der Waals surface area contributed by atoms with Crippen molar-refractivity contribution in [1.29, 1.82) is 10.5 Å². The molecule has 2 unspecified atom stereocenters. The minimum atomic E-state index is 0. The van der Waals surface area contributed by atoms with Crippen molar-refractivity contribution in [2.24, 2.45) is 23.7 Å².